The first kappa shape index (κ1) is 16.7. The molecule has 1 aliphatic heterocycles. The molecule has 1 saturated heterocycles. The molecule has 1 aromatic rings. The Balaban J connectivity index is 1.65. The number of rotatable bonds is 5. The summed E-state index contributed by atoms with van der Waals surface area (Å²) in [6.45, 7) is 0.941. The number of hydrogen-bond donors (Lipinski definition) is 1. The van der Waals surface area contributed by atoms with E-state index in [2.05, 4.69) is 21.2 Å². The molecule has 0 amide bonds. The molecule has 2 fully saturated rings. The van der Waals surface area contributed by atoms with Gasteiger partial charge in [-0.2, -0.15) is 0 Å². The highest BCUT2D eigenvalue weighted by Gasteiger charge is 2.41. The zero-order valence-electron chi connectivity index (χ0n) is 12.4. The van der Waals surface area contributed by atoms with Crippen LogP contribution in [0.15, 0.2) is 22.7 Å². The van der Waals surface area contributed by atoms with Gasteiger partial charge in [-0.1, -0.05) is 15.9 Å². The fourth-order valence-corrected chi connectivity index (χ4v) is 5.07. The molecule has 0 spiro atoms. The molecule has 0 atom stereocenters. The third-order valence-corrected chi connectivity index (χ3v) is 7.17. The van der Waals surface area contributed by atoms with Crippen LogP contribution < -0.4 is 5.32 Å². The van der Waals surface area contributed by atoms with Crippen LogP contribution in [0.5, 0.6) is 0 Å². The van der Waals surface area contributed by atoms with Crippen LogP contribution in [0.3, 0.4) is 0 Å². The molecular weight excluding hydrogens is 386 g/mol. The molecule has 0 aromatic heterocycles. The highest BCUT2D eigenvalue weighted by atomic mass is 79.9. The van der Waals surface area contributed by atoms with E-state index in [-0.39, 0.29) is 17.0 Å². The summed E-state index contributed by atoms with van der Waals surface area (Å²) in [5.74, 6) is 0. The lowest BCUT2D eigenvalue weighted by Crippen LogP contribution is -2.43. The van der Waals surface area contributed by atoms with E-state index < -0.39 is 14.9 Å². The molecule has 0 unspecified atom stereocenters. The van der Waals surface area contributed by atoms with E-state index in [1.54, 1.807) is 16.4 Å². The minimum atomic E-state index is -3.12. The lowest BCUT2D eigenvalue weighted by atomic mass is 10.1. The van der Waals surface area contributed by atoms with Crippen LogP contribution in [0, 0.1) is 10.1 Å². The van der Waals surface area contributed by atoms with Gasteiger partial charge in [0.05, 0.1) is 10.2 Å². The van der Waals surface area contributed by atoms with Crippen molar-refractivity contribution >= 4 is 37.3 Å². The van der Waals surface area contributed by atoms with Gasteiger partial charge in [0.25, 0.3) is 5.69 Å². The zero-order chi connectivity index (χ0) is 16.6. The minimum Gasteiger partial charge on any atom is -0.377 e. The fraction of sp³-hybridized carbons (Fsp3) is 0.571. The summed E-state index contributed by atoms with van der Waals surface area (Å²) in [6, 6.07) is 4.81. The second kappa shape index (κ2) is 6.37. The van der Waals surface area contributed by atoms with Gasteiger partial charge in [-0.25, -0.2) is 12.7 Å². The van der Waals surface area contributed by atoms with Gasteiger partial charge in [-0.15, -0.1) is 0 Å². The van der Waals surface area contributed by atoms with Gasteiger partial charge in [-0.05, 0) is 37.8 Å². The van der Waals surface area contributed by atoms with E-state index in [1.807, 2.05) is 0 Å². The summed E-state index contributed by atoms with van der Waals surface area (Å²) in [7, 11) is -3.12. The number of nitro benzene ring substituents is 1. The van der Waals surface area contributed by atoms with Crippen molar-refractivity contribution in [3.63, 3.8) is 0 Å². The van der Waals surface area contributed by atoms with E-state index in [4.69, 9.17) is 0 Å². The Morgan fingerprint density at radius 2 is 1.87 bits per heavy atom. The number of nitrogens with zero attached hydrogens (tertiary/aromatic N) is 2. The molecular formula is C14H18BrN3O4S. The van der Waals surface area contributed by atoms with Crippen molar-refractivity contribution in [1.82, 2.24) is 4.31 Å². The van der Waals surface area contributed by atoms with Crippen LogP contribution >= 0.6 is 15.9 Å². The number of benzene rings is 1. The van der Waals surface area contributed by atoms with Crippen LogP contribution in [-0.2, 0) is 10.0 Å². The standard InChI is InChI=1S/C14H18BrN3O4S/c15-10-1-4-14(18(19)20)13(9-10)16-11-5-7-17(8-6-11)23(21,22)12-2-3-12/h1,4,9,11-12,16H,2-3,5-8H2. The van der Waals surface area contributed by atoms with Gasteiger partial charge in [0.1, 0.15) is 5.69 Å². The summed E-state index contributed by atoms with van der Waals surface area (Å²) >= 11 is 3.32. The van der Waals surface area contributed by atoms with Crippen molar-refractivity contribution in [3.05, 3.63) is 32.8 Å². The largest absolute Gasteiger partial charge is 0.377 e. The SMILES string of the molecule is O=[N+]([O-])c1ccc(Br)cc1NC1CCN(S(=O)(=O)C2CC2)CC1. The highest BCUT2D eigenvalue weighted by Crippen LogP contribution is 2.33. The third-order valence-electron chi connectivity index (χ3n) is 4.27. The quantitative estimate of drug-likeness (QED) is 0.602. The van der Waals surface area contributed by atoms with Gasteiger partial charge < -0.3 is 5.32 Å². The van der Waals surface area contributed by atoms with E-state index >= 15 is 0 Å². The second-order valence-corrected chi connectivity index (χ2v) is 9.11. The maximum atomic E-state index is 12.2. The second-order valence-electron chi connectivity index (χ2n) is 5.98. The van der Waals surface area contributed by atoms with Gasteiger partial charge >= 0.3 is 0 Å². The first-order valence-corrected chi connectivity index (χ1v) is 9.87. The Labute approximate surface area is 143 Å². The van der Waals surface area contributed by atoms with Crippen molar-refractivity contribution in [3.8, 4) is 0 Å². The molecule has 126 valence electrons. The monoisotopic (exact) mass is 403 g/mol. The van der Waals surface area contributed by atoms with E-state index in [0.717, 1.165) is 17.3 Å². The number of piperidine rings is 1. The molecule has 0 bridgehead atoms. The molecule has 7 nitrogen and oxygen atoms in total. The average molecular weight is 404 g/mol. The molecule has 9 heteroatoms. The topological polar surface area (TPSA) is 92.6 Å². The van der Waals surface area contributed by atoms with E-state index in [1.165, 1.54) is 6.07 Å². The Morgan fingerprint density at radius 3 is 2.43 bits per heavy atom. The van der Waals surface area contributed by atoms with Crippen molar-refractivity contribution in [2.45, 2.75) is 37.0 Å². The van der Waals surface area contributed by atoms with Crippen LogP contribution in [-0.4, -0.2) is 42.0 Å². The van der Waals surface area contributed by atoms with Crippen LogP contribution in [0.1, 0.15) is 25.7 Å². The highest BCUT2D eigenvalue weighted by molar-refractivity contribution is 9.10. The summed E-state index contributed by atoms with van der Waals surface area (Å²) < 4.78 is 26.8. The zero-order valence-corrected chi connectivity index (χ0v) is 14.8. The number of nitrogens with one attached hydrogen (secondary N) is 1. The molecule has 23 heavy (non-hydrogen) atoms. The van der Waals surface area contributed by atoms with Crippen molar-refractivity contribution in [2.75, 3.05) is 18.4 Å². The molecule has 3 rings (SSSR count). The van der Waals surface area contributed by atoms with Crippen molar-refractivity contribution in [2.24, 2.45) is 0 Å². The third kappa shape index (κ3) is 3.67. The Bertz CT molecular complexity index is 713. The van der Waals surface area contributed by atoms with Crippen LogP contribution in [0.4, 0.5) is 11.4 Å². The molecule has 1 aromatic carbocycles. The van der Waals surface area contributed by atoms with Crippen molar-refractivity contribution < 1.29 is 13.3 Å². The molecule has 1 N–H and O–H groups in total. The lowest BCUT2D eigenvalue weighted by molar-refractivity contribution is -0.384. The maximum Gasteiger partial charge on any atom is 0.292 e. The van der Waals surface area contributed by atoms with Gasteiger partial charge in [0.15, 0.2) is 0 Å². The van der Waals surface area contributed by atoms with Crippen LogP contribution in [0.2, 0.25) is 0 Å². The first-order chi connectivity index (χ1) is 10.9. The summed E-state index contributed by atoms with van der Waals surface area (Å²) in [4.78, 5) is 10.7. The van der Waals surface area contributed by atoms with E-state index in [0.29, 0.717) is 31.6 Å². The maximum absolute atomic E-state index is 12.2. The smallest absolute Gasteiger partial charge is 0.292 e. The summed E-state index contributed by atoms with van der Waals surface area (Å²) in [6.07, 6.45) is 2.83. The van der Waals surface area contributed by atoms with Gasteiger partial charge in [-0.3, -0.25) is 10.1 Å². The number of sulfonamides is 1. The predicted octanol–water partition coefficient (Wildman–Crippen LogP) is 2.73. The normalized spacial score (nSPS) is 20.4. The molecule has 1 aliphatic carbocycles. The first-order valence-electron chi connectivity index (χ1n) is 7.57. The Hall–Kier alpha value is -1.19. The molecule has 2 aliphatic rings. The summed E-state index contributed by atoms with van der Waals surface area (Å²) in [5.41, 5.74) is 0.495. The van der Waals surface area contributed by atoms with Crippen molar-refractivity contribution in [1.29, 1.82) is 0 Å². The number of hydrogen-bond acceptors (Lipinski definition) is 5. The van der Waals surface area contributed by atoms with E-state index in [9.17, 15) is 18.5 Å². The lowest BCUT2D eigenvalue weighted by Gasteiger charge is -2.32. The fourth-order valence-electron chi connectivity index (χ4n) is 2.83. The van der Waals surface area contributed by atoms with Gasteiger partial charge in [0.2, 0.25) is 10.0 Å². The van der Waals surface area contributed by atoms with Crippen LogP contribution in [0.25, 0.3) is 0 Å². The number of halogens is 1. The Kier molecular flexibility index (Phi) is 4.61. The molecule has 0 radical (unpaired) electrons. The average Bonchev–Trinajstić information content (AvgIpc) is 3.32. The minimum absolute atomic E-state index is 0.0289. The number of nitro groups is 1. The molecule has 1 heterocycles. The summed E-state index contributed by atoms with van der Waals surface area (Å²) in [5, 5.41) is 14.1. The predicted molar refractivity (Wildman–Crippen MR) is 91.0 cm³/mol. The number of anilines is 1. The Morgan fingerprint density at radius 1 is 1.22 bits per heavy atom. The van der Waals surface area contributed by atoms with Gasteiger partial charge in [0, 0.05) is 29.7 Å². The molecule has 1 saturated carbocycles.